The topological polar surface area (TPSA) is 61.5 Å². The lowest BCUT2D eigenvalue weighted by Gasteiger charge is -2.06. The molecule has 1 aromatic rings. The SMILES string of the molecule is CCOCOC(=O)c1cc(Cl)ccc1N. The second-order valence-electron chi connectivity index (χ2n) is 2.77. The van der Waals surface area contributed by atoms with Gasteiger partial charge in [0.15, 0.2) is 6.79 Å². The predicted molar refractivity (Wildman–Crippen MR) is 57.8 cm³/mol. The highest BCUT2D eigenvalue weighted by molar-refractivity contribution is 6.31. The van der Waals surface area contributed by atoms with Crippen molar-refractivity contribution in [3.05, 3.63) is 28.8 Å². The molecule has 1 aromatic carbocycles. The highest BCUT2D eigenvalue weighted by Crippen LogP contribution is 2.18. The first kappa shape index (κ1) is 11.8. The molecule has 0 aliphatic rings. The van der Waals surface area contributed by atoms with Gasteiger partial charge in [-0.2, -0.15) is 0 Å². The lowest BCUT2D eigenvalue weighted by Crippen LogP contribution is -2.10. The molecular formula is C10H12ClNO3. The van der Waals surface area contributed by atoms with Crippen LogP contribution in [0, 0.1) is 0 Å². The van der Waals surface area contributed by atoms with Crippen molar-refractivity contribution >= 4 is 23.3 Å². The highest BCUT2D eigenvalue weighted by Gasteiger charge is 2.11. The average Bonchev–Trinajstić information content (AvgIpc) is 2.22. The van der Waals surface area contributed by atoms with E-state index < -0.39 is 5.97 Å². The smallest absolute Gasteiger partial charge is 0.342 e. The van der Waals surface area contributed by atoms with Crippen LogP contribution in [0.25, 0.3) is 0 Å². The summed E-state index contributed by atoms with van der Waals surface area (Å²) in [4.78, 5) is 11.5. The van der Waals surface area contributed by atoms with Gasteiger partial charge in [-0.3, -0.25) is 0 Å². The minimum absolute atomic E-state index is 0.0821. The van der Waals surface area contributed by atoms with Gasteiger partial charge in [0.25, 0.3) is 0 Å². The summed E-state index contributed by atoms with van der Waals surface area (Å²) in [6.45, 7) is 2.21. The monoisotopic (exact) mass is 229 g/mol. The van der Waals surface area contributed by atoms with Crippen LogP contribution in [-0.2, 0) is 9.47 Å². The van der Waals surface area contributed by atoms with Crippen molar-refractivity contribution in [2.45, 2.75) is 6.92 Å². The number of anilines is 1. The molecule has 0 saturated heterocycles. The van der Waals surface area contributed by atoms with E-state index in [0.29, 0.717) is 17.3 Å². The number of nitrogens with two attached hydrogens (primary N) is 1. The van der Waals surface area contributed by atoms with Gasteiger partial charge in [0, 0.05) is 17.3 Å². The first-order valence-electron chi connectivity index (χ1n) is 4.45. The predicted octanol–water partition coefficient (Wildman–Crippen LogP) is 2.07. The zero-order valence-electron chi connectivity index (χ0n) is 8.33. The van der Waals surface area contributed by atoms with E-state index in [4.69, 9.17) is 26.8 Å². The number of benzene rings is 1. The molecule has 5 heteroatoms. The molecule has 0 unspecified atom stereocenters. The van der Waals surface area contributed by atoms with E-state index in [1.807, 2.05) is 6.92 Å². The standard InChI is InChI=1S/C10H12ClNO3/c1-2-14-6-15-10(13)8-5-7(11)3-4-9(8)12/h3-5H,2,6,12H2,1H3. The van der Waals surface area contributed by atoms with Crippen LogP contribution in [0.15, 0.2) is 18.2 Å². The van der Waals surface area contributed by atoms with Gasteiger partial charge < -0.3 is 15.2 Å². The van der Waals surface area contributed by atoms with Crippen molar-refractivity contribution in [2.24, 2.45) is 0 Å². The number of ether oxygens (including phenoxy) is 2. The van der Waals surface area contributed by atoms with E-state index in [0.717, 1.165) is 0 Å². The van der Waals surface area contributed by atoms with E-state index in [2.05, 4.69) is 0 Å². The van der Waals surface area contributed by atoms with Crippen molar-refractivity contribution in [3.63, 3.8) is 0 Å². The van der Waals surface area contributed by atoms with Crippen molar-refractivity contribution in [3.8, 4) is 0 Å². The lowest BCUT2D eigenvalue weighted by atomic mass is 10.2. The maximum Gasteiger partial charge on any atom is 0.342 e. The molecular weight excluding hydrogens is 218 g/mol. The fourth-order valence-electron chi connectivity index (χ4n) is 0.962. The molecule has 0 aromatic heterocycles. The molecule has 0 saturated carbocycles. The molecule has 0 bridgehead atoms. The Balaban J connectivity index is 2.68. The summed E-state index contributed by atoms with van der Waals surface area (Å²) in [5.74, 6) is -0.538. The Morgan fingerprint density at radius 1 is 1.53 bits per heavy atom. The molecule has 15 heavy (non-hydrogen) atoms. The van der Waals surface area contributed by atoms with Gasteiger partial charge in [-0.15, -0.1) is 0 Å². The lowest BCUT2D eigenvalue weighted by molar-refractivity contribution is -0.0273. The molecule has 0 fully saturated rings. The third-order valence-corrected chi connectivity index (χ3v) is 1.95. The third-order valence-electron chi connectivity index (χ3n) is 1.71. The van der Waals surface area contributed by atoms with Crippen molar-refractivity contribution in [1.82, 2.24) is 0 Å². The molecule has 1 rings (SSSR count). The number of rotatable bonds is 4. The van der Waals surface area contributed by atoms with Crippen LogP contribution < -0.4 is 5.73 Å². The van der Waals surface area contributed by atoms with Crippen molar-refractivity contribution in [1.29, 1.82) is 0 Å². The highest BCUT2D eigenvalue weighted by atomic mass is 35.5. The minimum atomic E-state index is -0.538. The normalized spacial score (nSPS) is 10.0. The van der Waals surface area contributed by atoms with Gasteiger partial charge in [-0.05, 0) is 25.1 Å². The number of halogens is 1. The number of nitrogen functional groups attached to an aromatic ring is 1. The van der Waals surface area contributed by atoms with Crippen molar-refractivity contribution in [2.75, 3.05) is 19.1 Å². The maximum atomic E-state index is 11.5. The molecule has 2 N–H and O–H groups in total. The third kappa shape index (κ3) is 3.42. The van der Waals surface area contributed by atoms with E-state index >= 15 is 0 Å². The van der Waals surface area contributed by atoms with Crippen molar-refractivity contribution < 1.29 is 14.3 Å². The van der Waals surface area contributed by atoms with Crippen LogP contribution in [0.1, 0.15) is 17.3 Å². The van der Waals surface area contributed by atoms with Crippen LogP contribution in [0.5, 0.6) is 0 Å². The van der Waals surface area contributed by atoms with Gasteiger partial charge in [-0.25, -0.2) is 4.79 Å². The first-order chi connectivity index (χ1) is 7.15. The van der Waals surface area contributed by atoms with E-state index in [1.165, 1.54) is 6.07 Å². The van der Waals surface area contributed by atoms with Gasteiger partial charge in [0.05, 0.1) is 5.56 Å². The first-order valence-corrected chi connectivity index (χ1v) is 4.83. The Morgan fingerprint density at radius 2 is 2.27 bits per heavy atom. The summed E-state index contributed by atoms with van der Waals surface area (Å²) in [6, 6.07) is 4.63. The molecule has 4 nitrogen and oxygen atoms in total. The molecule has 0 heterocycles. The van der Waals surface area contributed by atoms with E-state index in [9.17, 15) is 4.79 Å². The molecule has 0 radical (unpaired) electrons. The van der Waals surface area contributed by atoms with Crippen LogP contribution in [0.3, 0.4) is 0 Å². The van der Waals surface area contributed by atoms with E-state index in [1.54, 1.807) is 12.1 Å². The fourth-order valence-corrected chi connectivity index (χ4v) is 1.13. The Bertz CT molecular complexity index is 355. The number of carbonyl (C=O) groups is 1. The molecule has 82 valence electrons. The quantitative estimate of drug-likeness (QED) is 0.372. The summed E-state index contributed by atoms with van der Waals surface area (Å²) in [5.41, 5.74) is 6.18. The molecule has 0 amide bonds. The Hall–Kier alpha value is -1.26. The Morgan fingerprint density at radius 3 is 2.93 bits per heavy atom. The zero-order valence-corrected chi connectivity index (χ0v) is 9.08. The second-order valence-corrected chi connectivity index (χ2v) is 3.21. The Labute approximate surface area is 92.9 Å². The summed E-state index contributed by atoms with van der Waals surface area (Å²) in [7, 11) is 0. The van der Waals surface area contributed by atoms with Gasteiger partial charge in [-0.1, -0.05) is 11.6 Å². The molecule has 0 atom stereocenters. The summed E-state index contributed by atoms with van der Waals surface area (Å²) >= 11 is 5.73. The number of esters is 1. The van der Waals surface area contributed by atoms with Gasteiger partial charge >= 0.3 is 5.97 Å². The average molecular weight is 230 g/mol. The summed E-state index contributed by atoms with van der Waals surface area (Å²) in [5, 5.41) is 0.438. The summed E-state index contributed by atoms with van der Waals surface area (Å²) in [6.07, 6.45) is 0. The molecule has 0 aliphatic heterocycles. The maximum absolute atomic E-state index is 11.5. The fraction of sp³-hybridized carbons (Fsp3) is 0.300. The minimum Gasteiger partial charge on any atom is -0.435 e. The molecule has 0 aliphatic carbocycles. The van der Waals surface area contributed by atoms with E-state index in [-0.39, 0.29) is 12.4 Å². The zero-order chi connectivity index (χ0) is 11.3. The molecule has 0 spiro atoms. The van der Waals surface area contributed by atoms with Crippen LogP contribution >= 0.6 is 11.6 Å². The van der Waals surface area contributed by atoms with Gasteiger partial charge in [0.1, 0.15) is 0 Å². The largest absolute Gasteiger partial charge is 0.435 e. The number of hydrogen-bond acceptors (Lipinski definition) is 4. The number of hydrogen-bond donors (Lipinski definition) is 1. The van der Waals surface area contributed by atoms with Crippen LogP contribution in [-0.4, -0.2) is 19.4 Å². The second kappa shape index (κ2) is 5.58. The van der Waals surface area contributed by atoms with Crippen LogP contribution in [0.2, 0.25) is 5.02 Å². The number of carbonyl (C=O) groups excluding carboxylic acids is 1. The van der Waals surface area contributed by atoms with Gasteiger partial charge in [0.2, 0.25) is 0 Å². The Kier molecular flexibility index (Phi) is 4.39. The summed E-state index contributed by atoms with van der Waals surface area (Å²) < 4.78 is 9.68. The van der Waals surface area contributed by atoms with Crippen LogP contribution in [0.4, 0.5) is 5.69 Å².